The highest BCUT2D eigenvalue weighted by Gasteiger charge is 2.32. The van der Waals surface area contributed by atoms with Gasteiger partial charge < -0.3 is 28.4 Å². The van der Waals surface area contributed by atoms with Gasteiger partial charge in [-0.1, -0.05) is 13.2 Å². The van der Waals surface area contributed by atoms with Gasteiger partial charge in [0, 0.05) is 12.2 Å². The molecule has 0 radical (unpaired) electrons. The van der Waals surface area contributed by atoms with Gasteiger partial charge in [-0.2, -0.15) is 0 Å². The summed E-state index contributed by atoms with van der Waals surface area (Å²) in [6.07, 6.45) is 4.09. The molecule has 1 aliphatic rings. The number of carbonyl (C=O) groups excluding carboxylic acids is 4. The average molecular weight is 525 g/mol. The lowest BCUT2D eigenvalue weighted by Gasteiger charge is -2.25. The van der Waals surface area contributed by atoms with Gasteiger partial charge in [0.25, 0.3) is 0 Å². The monoisotopic (exact) mass is 524 g/mol. The number of benzene rings is 2. The highest BCUT2D eigenvalue weighted by atomic mass is 16.7. The first-order valence-corrected chi connectivity index (χ1v) is 11.9. The predicted molar refractivity (Wildman–Crippen MR) is 133 cm³/mol. The lowest BCUT2D eigenvalue weighted by molar-refractivity contribution is -0.145. The van der Waals surface area contributed by atoms with Crippen LogP contribution in [-0.4, -0.2) is 37.5 Å². The molecule has 0 unspecified atom stereocenters. The fraction of sp³-hybridized carbons (Fsp3) is 0.286. The van der Waals surface area contributed by atoms with Gasteiger partial charge in [-0.05, 0) is 74.2 Å². The minimum atomic E-state index is -0.593. The molecule has 2 aromatic rings. The van der Waals surface area contributed by atoms with Crippen LogP contribution in [0.2, 0.25) is 0 Å². The second kappa shape index (κ2) is 14.2. The Morgan fingerprint density at radius 2 is 0.921 bits per heavy atom. The Hall–Kier alpha value is -4.60. The summed E-state index contributed by atoms with van der Waals surface area (Å²) in [5.74, 6) is -0.945. The fourth-order valence-electron chi connectivity index (χ4n) is 3.60. The summed E-state index contributed by atoms with van der Waals surface area (Å²) in [6, 6.07) is 12.7. The van der Waals surface area contributed by atoms with Crippen LogP contribution in [0.5, 0.6) is 23.0 Å². The first-order chi connectivity index (χ1) is 18.4. The van der Waals surface area contributed by atoms with Crippen molar-refractivity contribution < 1.29 is 47.6 Å². The van der Waals surface area contributed by atoms with Crippen LogP contribution in [0.1, 0.15) is 25.7 Å². The number of ether oxygens (including phenoxy) is 6. The highest BCUT2D eigenvalue weighted by Crippen LogP contribution is 2.32. The maximum absolute atomic E-state index is 12.6. The number of hydrogen-bond donors (Lipinski definition) is 0. The summed E-state index contributed by atoms with van der Waals surface area (Å²) >= 11 is 0. The van der Waals surface area contributed by atoms with E-state index in [-0.39, 0.29) is 37.4 Å². The maximum atomic E-state index is 12.6. The molecular weight excluding hydrogens is 496 g/mol. The van der Waals surface area contributed by atoms with Crippen LogP contribution < -0.4 is 18.9 Å². The van der Waals surface area contributed by atoms with Gasteiger partial charge in [0.1, 0.15) is 23.0 Å². The van der Waals surface area contributed by atoms with Crippen LogP contribution in [-0.2, 0) is 28.7 Å². The summed E-state index contributed by atoms with van der Waals surface area (Å²) in [5.41, 5.74) is 0. The molecule has 38 heavy (non-hydrogen) atoms. The van der Waals surface area contributed by atoms with E-state index in [1.165, 1.54) is 0 Å². The second-order valence-corrected chi connectivity index (χ2v) is 8.19. The lowest BCUT2D eigenvalue weighted by Crippen LogP contribution is -2.30. The zero-order valence-electron chi connectivity index (χ0n) is 20.7. The van der Waals surface area contributed by atoms with Crippen molar-refractivity contribution in [2.24, 2.45) is 11.8 Å². The van der Waals surface area contributed by atoms with Crippen LogP contribution in [0.15, 0.2) is 73.8 Å². The third-order valence-electron chi connectivity index (χ3n) is 5.67. The number of esters is 4. The van der Waals surface area contributed by atoms with Crippen molar-refractivity contribution in [2.45, 2.75) is 25.7 Å². The molecule has 0 amide bonds. The first-order valence-electron chi connectivity index (χ1n) is 11.9. The molecule has 2 aromatic carbocycles. The van der Waals surface area contributed by atoms with E-state index in [1.54, 1.807) is 48.5 Å². The molecule has 3 rings (SSSR count). The van der Waals surface area contributed by atoms with Crippen LogP contribution in [0.25, 0.3) is 0 Å². The van der Waals surface area contributed by atoms with Crippen molar-refractivity contribution in [3.05, 3.63) is 73.8 Å². The Kier molecular flexibility index (Phi) is 10.5. The van der Waals surface area contributed by atoms with Crippen molar-refractivity contribution in [1.82, 2.24) is 0 Å². The van der Waals surface area contributed by atoms with Crippen LogP contribution in [0, 0.1) is 11.8 Å². The second-order valence-electron chi connectivity index (χ2n) is 8.19. The molecule has 0 bridgehead atoms. The predicted octanol–water partition coefficient (Wildman–Crippen LogP) is 4.14. The van der Waals surface area contributed by atoms with Crippen LogP contribution in [0.3, 0.4) is 0 Å². The minimum absolute atomic E-state index is 0.260. The molecule has 0 spiro atoms. The molecule has 1 saturated carbocycles. The molecule has 1 fully saturated rings. The Morgan fingerprint density at radius 3 is 1.24 bits per heavy atom. The molecule has 10 nitrogen and oxygen atoms in total. The van der Waals surface area contributed by atoms with E-state index in [4.69, 9.17) is 28.4 Å². The molecular formula is C28H28O10. The van der Waals surface area contributed by atoms with Gasteiger partial charge in [0.05, 0.1) is 11.8 Å². The maximum Gasteiger partial charge on any atom is 0.333 e. The number of rotatable bonds is 12. The van der Waals surface area contributed by atoms with Crippen LogP contribution in [0.4, 0.5) is 0 Å². The van der Waals surface area contributed by atoms with Crippen molar-refractivity contribution in [3.8, 4) is 23.0 Å². The molecule has 0 aromatic heterocycles. The molecule has 0 aliphatic heterocycles. The highest BCUT2D eigenvalue weighted by molar-refractivity contribution is 5.81. The third kappa shape index (κ3) is 8.81. The van der Waals surface area contributed by atoms with Crippen LogP contribution >= 0.6 is 0 Å². The van der Waals surface area contributed by atoms with E-state index in [0.717, 1.165) is 12.2 Å². The first kappa shape index (κ1) is 28.0. The van der Waals surface area contributed by atoms with E-state index in [0.29, 0.717) is 48.7 Å². The van der Waals surface area contributed by atoms with E-state index >= 15 is 0 Å². The molecule has 0 saturated heterocycles. The zero-order chi connectivity index (χ0) is 27.3. The molecule has 1 aliphatic carbocycles. The summed E-state index contributed by atoms with van der Waals surface area (Å²) < 4.78 is 30.9. The Balaban J connectivity index is 1.38. The number of hydrogen-bond acceptors (Lipinski definition) is 10. The molecule has 10 heteroatoms. The number of carbonyl (C=O) groups is 4. The van der Waals surface area contributed by atoms with Crippen molar-refractivity contribution in [2.75, 3.05) is 13.6 Å². The van der Waals surface area contributed by atoms with E-state index in [9.17, 15) is 19.2 Å². The zero-order valence-corrected chi connectivity index (χ0v) is 20.7. The fourth-order valence-corrected chi connectivity index (χ4v) is 3.60. The van der Waals surface area contributed by atoms with E-state index in [1.807, 2.05) is 0 Å². The van der Waals surface area contributed by atoms with E-state index in [2.05, 4.69) is 13.2 Å². The SMILES string of the molecule is C=CC(=O)OCOc1ccc(OC(=O)C2CCC(C(=O)Oc3ccc(OCOC(=O)C=C)cc3)CC2)cc1. The lowest BCUT2D eigenvalue weighted by atomic mass is 9.82. The molecule has 0 heterocycles. The van der Waals surface area contributed by atoms with Crippen molar-refractivity contribution in [1.29, 1.82) is 0 Å². The topological polar surface area (TPSA) is 124 Å². The quantitative estimate of drug-likeness (QED) is 0.173. The summed E-state index contributed by atoms with van der Waals surface area (Å²) in [4.78, 5) is 47.2. The van der Waals surface area contributed by atoms with Gasteiger partial charge in [-0.3, -0.25) is 9.59 Å². The van der Waals surface area contributed by atoms with Gasteiger partial charge in [-0.25, -0.2) is 9.59 Å². The average Bonchev–Trinajstić information content (AvgIpc) is 2.94. The Labute approximate surface area is 219 Å². The van der Waals surface area contributed by atoms with Gasteiger partial charge in [0.2, 0.25) is 13.6 Å². The summed E-state index contributed by atoms with van der Waals surface area (Å²) in [5, 5.41) is 0. The largest absolute Gasteiger partial charge is 0.457 e. The summed E-state index contributed by atoms with van der Waals surface area (Å²) in [6.45, 7) is 6.06. The van der Waals surface area contributed by atoms with Gasteiger partial charge >= 0.3 is 23.9 Å². The normalized spacial score (nSPS) is 16.3. The Morgan fingerprint density at radius 1 is 0.605 bits per heavy atom. The minimum Gasteiger partial charge on any atom is -0.457 e. The smallest absolute Gasteiger partial charge is 0.333 e. The van der Waals surface area contributed by atoms with E-state index < -0.39 is 11.9 Å². The summed E-state index contributed by atoms with van der Waals surface area (Å²) in [7, 11) is 0. The van der Waals surface area contributed by atoms with Gasteiger partial charge in [0.15, 0.2) is 0 Å². The van der Waals surface area contributed by atoms with Gasteiger partial charge in [-0.15, -0.1) is 0 Å². The molecule has 0 atom stereocenters. The van der Waals surface area contributed by atoms with Crippen molar-refractivity contribution in [3.63, 3.8) is 0 Å². The standard InChI is InChI=1S/C28H28O10/c1-3-25(29)35-17-33-21-9-13-23(14-10-21)37-27(31)19-5-7-20(8-6-19)28(32)38-24-15-11-22(12-16-24)34-18-36-26(30)4-2/h3-4,9-16,19-20H,1-2,5-8,17-18H2. The van der Waals surface area contributed by atoms with Crippen molar-refractivity contribution >= 4 is 23.9 Å². The Bertz CT molecular complexity index is 1040. The third-order valence-corrected chi connectivity index (χ3v) is 5.67. The molecule has 200 valence electrons. The molecule has 0 N–H and O–H groups in total.